The Morgan fingerprint density at radius 2 is 1.49 bits per heavy atom. The van der Waals surface area contributed by atoms with Gasteiger partial charge in [-0.25, -0.2) is 4.79 Å². The lowest BCUT2D eigenvalue weighted by Crippen LogP contribution is -2.56. The highest BCUT2D eigenvalue weighted by molar-refractivity contribution is 6.34. The molecule has 0 spiro atoms. The van der Waals surface area contributed by atoms with E-state index in [2.05, 4.69) is 10.6 Å². The molecule has 0 aliphatic rings. The molecule has 2 N–H and O–H groups in total. The first-order valence-corrected chi connectivity index (χ1v) is 13.9. The van der Waals surface area contributed by atoms with Crippen LogP contribution >= 0.6 is 11.6 Å². The highest BCUT2D eigenvalue weighted by Crippen LogP contribution is 2.33. The molecule has 214 valence electrons. The molecule has 7 nitrogen and oxygen atoms in total. The predicted octanol–water partition coefficient (Wildman–Crippen LogP) is 7.12. The van der Waals surface area contributed by atoms with E-state index in [4.69, 9.17) is 16.3 Å². The summed E-state index contributed by atoms with van der Waals surface area (Å²) < 4.78 is 5.47. The molecule has 2 aromatic carbocycles. The van der Waals surface area contributed by atoms with Crippen molar-refractivity contribution in [2.45, 2.75) is 99.4 Å². The van der Waals surface area contributed by atoms with Gasteiger partial charge in [-0.3, -0.25) is 9.59 Å². The third-order valence-corrected chi connectivity index (χ3v) is 7.09. The second-order valence-electron chi connectivity index (χ2n) is 11.5. The van der Waals surface area contributed by atoms with Gasteiger partial charge in [0.1, 0.15) is 17.7 Å². The highest BCUT2D eigenvalue weighted by Gasteiger charge is 2.40. The van der Waals surface area contributed by atoms with Gasteiger partial charge in [0.2, 0.25) is 5.91 Å². The molecule has 2 rings (SSSR count). The number of alkyl carbamates (subject to hydrolysis) is 1. The Morgan fingerprint density at radius 1 is 0.949 bits per heavy atom. The summed E-state index contributed by atoms with van der Waals surface area (Å²) in [5.41, 5.74) is 3.08. The number of anilines is 1. The minimum absolute atomic E-state index is 0.209. The lowest BCUT2D eigenvalue weighted by molar-refractivity contribution is -0.144. The van der Waals surface area contributed by atoms with E-state index in [-0.39, 0.29) is 23.8 Å². The van der Waals surface area contributed by atoms with Crippen molar-refractivity contribution in [1.82, 2.24) is 10.2 Å². The number of hydrogen-bond acceptors (Lipinski definition) is 4. The Balaban J connectivity index is 2.66. The molecule has 0 aromatic heterocycles. The molecule has 3 amide bonds. The fourth-order valence-corrected chi connectivity index (χ4v) is 4.86. The van der Waals surface area contributed by atoms with E-state index in [1.807, 2.05) is 78.8 Å². The summed E-state index contributed by atoms with van der Waals surface area (Å²) in [5, 5.41) is 6.21. The average Bonchev–Trinajstić information content (AvgIpc) is 2.82. The molecule has 0 saturated heterocycles. The summed E-state index contributed by atoms with van der Waals surface area (Å²) in [7, 11) is 0. The number of ether oxygens (including phenoxy) is 1. The Kier molecular flexibility index (Phi) is 11.0. The number of para-hydroxylation sites is 1. The van der Waals surface area contributed by atoms with E-state index < -0.39 is 23.8 Å². The van der Waals surface area contributed by atoms with Crippen molar-refractivity contribution >= 4 is 35.2 Å². The van der Waals surface area contributed by atoms with Crippen molar-refractivity contribution in [3.63, 3.8) is 0 Å². The van der Waals surface area contributed by atoms with Crippen LogP contribution in [0.25, 0.3) is 0 Å². The number of halogens is 1. The lowest BCUT2D eigenvalue weighted by atomic mass is 9.91. The van der Waals surface area contributed by atoms with Crippen LogP contribution < -0.4 is 10.6 Å². The van der Waals surface area contributed by atoms with Gasteiger partial charge in [-0.1, -0.05) is 62.2 Å². The molecule has 0 aliphatic heterocycles. The molecular formula is C31H44ClN3O4. The highest BCUT2D eigenvalue weighted by atomic mass is 35.5. The van der Waals surface area contributed by atoms with Crippen LogP contribution in [0.2, 0.25) is 5.02 Å². The summed E-state index contributed by atoms with van der Waals surface area (Å²) in [6.45, 7) is 18.6. The molecule has 39 heavy (non-hydrogen) atoms. The molecule has 8 heteroatoms. The molecule has 2 aromatic rings. The van der Waals surface area contributed by atoms with Gasteiger partial charge >= 0.3 is 6.09 Å². The van der Waals surface area contributed by atoms with E-state index in [9.17, 15) is 14.4 Å². The number of carbonyl (C=O) groups is 3. The number of carbonyl (C=O) groups excluding carboxylic acids is 3. The third kappa shape index (κ3) is 8.21. The minimum Gasteiger partial charge on any atom is -0.444 e. The molecule has 0 saturated carbocycles. The van der Waals surface area contributed by atoms with E-state index in [1.165, 1.54) is 0 Å². The lowest BCUT2D eigenvalue weighted by Gasteiger charge is -2.39. The molecule has 3 atom stereocenters. The van der Waals surface area contributed by atoms with Crippen LogP contribution in [0.4, 0.5) is 10.5 Å². The third-order valence-electron chi connectivity index (χ3n) is 6.77. The van der Waals surface area contributed by atoms with Crippen molar-refractivity contribution in [3.8, 4) is 0 Å². The second kappa shape index (κ2) is 13.3. The van der Waals surface area contributed by atoms with Gasteiger partial charge < -0.3 is 20.3 Å². The van der Waals surface area contributed by atoms with Gasteiger partial charge in [0.25, 0.3) is 5.91 Å². The van der Waals surface area contributed by atoms with Crippen LogP contribution in [-0.2, 0) is 14.3 Å². The molecule has 0 heterocycles. The van der Waals surface area contributed by atoms with Gasteiger partial charge in [-0.15, -0.1) is 0 Å². The number of nitrogens with one attached hydrogen (secondary N) is 2. The van der Waals surface area contributed by atoms with Crippen molar-refractivity contribution in [2.24, 2.45) is 5.92 Å². The summed E-state index contributed by atoms with van der Waals surface area (Å²) >= 11 is 6.46. The van der Waals surface area contributed by atoms with Crippen molar-refractivity contribution in [3.05, 3.63) is 63.7 Å². The number of aryl methyl sites for hydroxylation is 3. The Hall–Kier alpha value is -3.06. The van der Waals surface area contributed by atoms with Crippen LogP contribution in [0.5, 0.6) is 0 Å². The molecule has 0 fully saturated rings. The zero-order valence-electron chi connectivity index (χ0n) is 24.9. The monoisotopic (exact) mass is 557 g/mol. The zero-order valence-corrected chi connectivity index (χ0v) is 25.7. The largest absolute Gasteiger partial charge is 0.444 e. The fraction of sp³-hybridized carbons (Fsp3) is 0.516. The number of rotatable bonds is 9. The Morgan fingerprint density at radius 3 is 1.97 bits per heavy atom. The first-order chi connectivity index (χ1) is 18.1. The first kappa shape index (κ1) is 32.2. The van der Waals surface area contributed by atoms with Gasteiger partial charge in [0.05, 0.1) is 10.7 Å². The van der Waals surface area contributed by atoms with E-state index in [1.54, 1.807) is 31.7 Å². The minimum atomic E-state index is -0.971. The van der Waals surface area contributed by atoms with E-state index >= 15 is 0 Å². The number of benzene rings is 2. The summed E-state index contributed by atoms with van der Waals surface area (Å²) in [5.74, 6) is -0.950. The van der Waals surface area contributed by atoms with Crippen LogP contribution in [0.1, 0.15) is 83.2 Å². The first-order valence-electron chi connectivity index (χ1n) is 13.5. The fourth-order valence-electron chi connectivity index (χ4n) is 4.60. The predicted molar refractivity (Wildman–Crippen MR) is 158 cm³/mol. The van der Waals surface area contributed by atoms with Gasteiger partial charge in [-0.2, -0.15) is 0 Å². The van der Waals surface area contributed by atoms with E-state index in [0.717, 1.165) is 22.3 Å². The quantitative estimate of drug-likeness (QED) is 0.343. The summed E-state index contributed by atoms with van der Waals surface area (Å²) in [6.07, 6.45) is -0.0402. The maximum atomic E-state index is 14.4. The Bertz CT molecular complexity index is 1150. The zero-order chi connectivity index (χ0) is 29.7. The normalized spacial score (nSPS) is 13.8. The maximum absolute atomic E-state index is 14.4. The second-order valence-corrected chi connectivity index (χ2v) is 11.9. The van der Waals surface area contributed by atoms with Crippen LogP contribution in [-0.4, -0.2) is 40.5 Å². The van der Waals surface area contributed by atoms with Crippen LogP contribution in [0, 0.1) is 26.7 Å². The van der Waals surface area contributed by atoms with Gasteiger partial charge in [0.15, 0.2) is 0 Å². The van der Waals surface area contributed by atoms with Crippen LogP contribution in [0.15, 0.2) is 36.4 Å². The molecule has 0 aliphatic carbocycles. The maximum Gasteiger partial charge on any atom is 0.408 e. The Labute approximate surface area is 238 Å². The average molecular weight is 558 g/mol. The summed E-state index contributed by atoms with van der Waals surface area (Å²) in [6, 6.07) is 8.95. The smallest absolute Gasteiger partial charge is 0.408 e. The molecule has 3 unspecified atom stereocenters. The topological polar surface area (TPSA) is 87.7 Å². The standard InChI is InChI=1S/C31H44ClN3O4/c1-11-19(4)26(34-30(38)39-31(8,9)10)29(37)35(18(2)3)27(24-20(5)14-12-15-21(24)6)28(36)33-25-22(7)16-13-17-23(25)32/h12-19,26-27H,11H2,1-10H3,(H,33,36)(H,34,38). The van der Waals surface area contributed by atoms with Gasteiger partial charge in [0, 0.05) is 6.04 Å². The SMILES string of the molecule is CCC(C)C(NC(=O)OC(C)(C)C)C(=O)N(C(C)C)C(C(=O)Nc1c(C)cccc1Cl)c1c(C)cccc1C. The van der Waals surface area contributed by atoms with Crippen molar-refractivity contribution in [2.75, 3.05) is 5.32 Å². The van der Waals surface area contributed by atoms with Crippen molar-refractivity contribution in [1.29, 1.82) is 0 Å². The number of amides is 3. The van der Waals surface area contributed by atoms with Crippen LogP contribution in [0.3, 0.4) is 0 Å². The molecule has 0 radical (unpaired) electrons. The van der Waals surface area contributed by atoms with Gasteiger partial charge in [-0.05, 0) is 89.6 Å². The number of nitrogens with zero attached hydrogens (tertiary/aromatic N) is 1. The molecule has 0 bridgehead atoms. The summed E-state index contributed by atoms with van der Waals surface area (Å²) in [4.78, 5) is 42.9. The molecular weight excluding hydrogens is 514 g/mol. The van der Waals surface area contributed by atoms with E-state index in [0.29, 0.717) is 17.1 Å². The number of hydrogen-bond donors (Lipinski definition) is 2. The van der Waals surface area contributed by atoms with Crippen molar-refractivity contribution < 1.29 is 19.1 Å².